The van der Waals surface area contributed by atoms with Crippen molar-refractivity contribution in [1.29, 1.82) is 0 Å². The molecule has 1 atom stereocenters. The average molecular weight is 333 g/mol. The number of anilines is 2. The molecule has 2 aromatic carbocycles. The van der Waals surface area contributed by atoms with Crippen molar-refractivity contribution in [2.45, 2.75) is 12.5 Å². The van der Waals surface area contributed by atoms with E-state index in [0.717, 1.165) is 11.4 Å². The van der Waals surface area contributed by atoms with Gasteiger partial charge in [0.15, 0.2) is 5.78 Å². The number of ketones is 1. The summed E-state index contributed by atoms with van der Waals surface area (Å²) in [7, 11) is 0. The van der Waals surface area contributed by atoms with Crippen molar-refractivity contribution in [1.82, 2.24) is 0 Å². The van der Waals surface area contributed by atoms with Crippen LogP contribution in [0, 0.1) is 0 Å². The monoisotopic (exact) mass is 332 g/mol. The van der Waals surface area contributed by atoms with Crippen LogP contribution in [0.15, 0.2) is 60.3 Å². The van der Waals surface area contributed by atoms with Gasteiger partial charge in [-0.2, -0.15) is 0 Å². The van der Waals surface area contributed by atoms with E-state index in [1.165, 1.54) is 0 Å². The molecule has 0 aromatic heterocycles. The maximum atomic E-state index is 12.1. The van der Waals surface area contributed by atoms with Gasteiger partial charge in [0.1, 0.15) is 0 Å². The van der Waals surface area contributed by atoms with Gasteiger partial charge in [0.05, 0.1) is 33.2 Å². The lowest BCUT2D eigenvalue weighted by Gasteiger charge is -2.12. The molecule has 2 N–H and O–H groups in total. The first-order valence-corrected chi connectivity index (χ1v) is 7.67. The van der Waals surface area contributed by atoms with E-state index in [9.17, 15) is 4.79 Å². The number of benzene rings is 2. The van der Waals surface area contributed by atoms with Gasteiger partial charge < -0.3 is 10.6 Å². The van der Waals surface area contributed by atoms with Crippen molar-refractivity contribution in [3.63, 3.8) is 0 Å². The van der Waals surface area contributed by atoms with E-state index in [1.807, 2.05) is 48.5 Å². The summed E-state index contributed by atoms with van der Waals surface area (Å²) in [5.74, 6) is 0.0458. The van der Waals surface area contributed by atoms with E-state index < -0.39 is 0 Å². The minimum atomic E-state index is -0.0858. The van der Waals surface area contributed by atoms with Crippen molar-refractivity contribution in [3.05, 3.63) is 70.3 Å². The summed E-state index contributed by atoms with van der Waals surface area (Å²) >= 11 is 12.2. The summed E-state index contributed by atoms with van der Waals surface area (Å²) in [5, 5.41) is 7.58. The Labute approximate surface area is 138 Å². The third-order valence-electron chi connectivity index (χ3n) is 3.43. The summed E-state index contributed by atoms with van der Waals surface area (Å²) in [6.07, 6.45) is 2.26. The predicted octanol–water partition coefficient (Wildman–Crippen LogP) is 4.74. The van der Waals surface area contributed by atoms with Crippen molar-refractivity contribution in [3.8, 4) is 0 Å². The second-order valence-corrected chi connectivity index (χ2v) is 5.86. The topological polar surface area (TPSA) is 41.1 Å². The number of allylic oxidation sites excluding steroid dienone is 1. The number of Topliss-reactive ketones (excluding diaryl/α,β-unsaturated/α-hetero) is 1. The van der Waals surface area contributed by atoms with Gasteiger partial charge in [0.2, 0.25) is 0 Å². The van der Waals surface area contributed by atoms with Crippen LogP contribution < -0.4 is 10.6 Å². The van der Waals surface area contributed by atoms with Crippen LogP contribution in [0.2, 0.25) is 10.0 Å². The maximum Gasteiger partial charge on any atom is 0.181 e. The number of nitrogens with one attached hydrogen (secondary N) is 2. The van der Waals surface area contributed by atoms with Gasteiger partial charge in [-0.15, -0.1) is 0 Å². The molecule has 5 heteroatoms. The molecule has 112 valence electrons. The fraction of sp³-hybridized carbons (Fsp3) is 0.118. The summed E-state index contributed by atoms with van der Waals surface area (Å²) < 4.78 is 0. The molecule has 0 aliphatic heterocycles. The SMILES string of the molecule is O=C1C[C@@H](Nc2ccccc2Cl)C=C1Nc1ccccc1Cl. The van der Waals surface area contributed by atoms with Crippen LogP contribution in [-0.2, 0) is 4.79 Å². The van der Waals surface area contributed by atoms with E-state index in [-0.39, 0.29) is 11.8 Å². The van der Waals surface area contributed by atoms with Crippen molar-refractivity contribution < 1.29 is 4.79 Å². The fourth-order valence-electron chi connectivity index (χ4n) is 2.35. The lowest BCUT2D eigenvalue weighted by atomic mass is 10.2. The highest BCUT2D eigenvalue weighted by Crippen LogP contribution is 2.27. The number of para-hydroxylation sites is 2. The highest BCUT2D eigenvalue weighted by molar-refractivity contribution is 6.33. The standard InChI is InChI=1S/C17H14Cl2N2O/c18-12-5-1-3-7-14(12)20-11-9-16(17(22)10-11)21-15-8-4-2-6-13(15)19/h1-9,11,20-21H,10H2/t11-/m0/s1. The van der Waals surface area contributed by atoms with Crippen LogP contribution in [0.5, 0.6) is 0 Å². The van der Waals surface area contributed by atoms with Crippen LogP contribution in [0.25, 0.3) is 0 Å². The maximum absolute atomic E-state index is 12.1. The minimum Gasteiger partial charge on any atom is -0.377 e. The molecule has 1 aliphatic carbocycles. The van der Waals surface area contributed by atoms with Gasteiger partial charge >= 0.3 is 0 Å². The van der Waals surface area contributed by atoms with E-state index >= 15 is 0 Å². The van der Waals surface area contributed by atoms with Gasteiger partial charge in [-0.1, -0.05) is 47.5 Å². The zero-order chi connectivity index (χ0) is 15.5. The van der Waals surface area contributed by atoms with E-state index in [2.05, 4.69) is 10.6 Å². The minimum absolute atomic E-state index is 0.0458. The molecule has 3 rings (SSSR count). The number of hydrogen-bond acceptors (Lipinski definition) is 3. The van der Waals surface area contributed by atoms with Gasteiger partial charge in [-0.25, -0.2) is 0 Å². The molecule has 0 heterocycles. The summed E-state index contributed by atoms with van der Waals surface area (Å²) in [6.45, 7) is 0. The van der Waals surface area contributed by atoms with E-state index in [4.69, 9.17) is 23.2 Å². The molecule has 0 fully saturated rings. The Hall–Kier alpha value is -1.97. The molecule has 0 saturated heterocycles. The number of rotatable bonds is 4. The Kier molecular flexibility index (Phi) is 4.36. The molecule has 0 spiro atoms. The normalized spacial score (nSPS) is 17.3. The van der Waals surface area contributed by atoms with Crippen LogP contribution in [0.4, 0.5) is 11.4 Å². The van der Waals surface area contributed by atoms with E-state index in [0.29, 0.717) is 22.2 Å². The molecular formula is C17H14Cl2N2O. The number of carbonyl (C=O) groups is 1. The van der Waals surface area contributed by atoms with Gasteiger partial charge in [0.25, 0.3) is 0 Å². The Morgan fingerprint density at radius 2 is 1.50 bits per heavy atom. The Bertz CT molecular complexity index is 743. The zero-order valence-electron chi connectivity index (χ0n) is 11.6. The lowest BCUT2D eigenvalue weighted by molar-refractivity contribution is -0.114. The van der Waals surface area contributed by atoms with Crippen molar-refractivity contribution in [2.75, 3.05) is 10.6 Å². The summed E-state index contributed by atoms with van der Waals surface area (Å²) in [5.41, 5.74) is 2.09. The fourth-order valence-corrected chi connectivity index (χ4v) is 2.73. The second-order valence-electron chi connectivity index (χ2n) is 5.04. The number of carbonyl (C=O) groups excluding carboxylic acids is 1. The first-order valence-electron chi connectivity index (χ1n) is 6.91. The van der Waals surface area contributed by atoms with Gasteiger partial charge in [-0.3, -0.25) is 4.79 Å². The predicted molar refractivity (Wildman–Crippen MR) is 91.6 cm³/mol. The molecule has 22 heavy (non-hydrogen) atoms. The summed E-state index contributed by atoms with van der Waals surface area (Å²) in [4.78, 5) is 12.1. The van der Waals surface area contributed by atoms with Gasteiger partial charge in [-0.05, 0) is 30.3 Å². The van der Waals surface area contributed by atoms with Crippen LogP contribution >= 0.6 is 23.2 Å². The second kappa shape index (κ2) is 6.42. The molecular weight excluding hydrogens is 319 g/mol. The third-order valence-corrected chi connectivity index (χ3v) is 4.09. The molecule has 0 bridgehead atoms. The Morgan fingerprint density at radius 3 is 2.14 bits per heavy atom. The highest BCUT2D eigenvalue weighted by atomic mass is 35.5. The first-order chi connectivity index (χ1) is 10.6. The summed E-state index contributed by atoms with van der Waals surface area (Å²) in [6, 6.07) is 14.7. The van der Waals surface area contributed by atoms with E-state index in [1.54, 1.807) is 6.07 Å². The molecule has 1 aliphatic rings. The average Bonchev–Trinajstić information content (AvgIpc) is 2.84. The lowest BCUT2D eigenvalue weighted by Crippen LogP contribution is -2.15. The van der Waals surface area contributed by atoms with Crippen molar-refractivity contribution >= 4 is 40.4 Å². The molecule has 3 nitrogen and oxygen atoms in total. The quantitative estimate of drug-likeness (QED) is 0.849. The van der Waals surface area contributed by atoms with Crippen LogP contribution in [0.3, 0.4) is 0 Å². The zero-order valence-corrected chi connectivity index (χ0v) is 13.2. The smallest absolute Gasteiger partial charge is 0.181 e. The van der Waals surface area contributed by atoms with Crippen LogP contribution in [-0.4, -0.2) is 11.8 Å². The molecule has 0 radical (unpaired) electrons. The molecule has 2 aromatic rings. The highest BCUT2D eigenvalue weighted by Gasteiger charge is 2.24. The molecule has 0 amide bonds. The van der Waals surface area contributed by atoms with Gasteiger partial charge in [0, 0.05) is 6.42 Å². The first kappa shape index (κ1) is 14.9. The largest absolute Gasteiger partial charge is 0.377 e. The Balaban J connectivity index is 1.75. The number of halogens is 2. The third kappa shape index (κ3) is 3.26. The Morgan fingerprint density at radius 1 is 0.909 bits per heavy atom. The van der Waals surface area contributed by atoms with Crippen LogP contribution in [0.1, 0.15) is 6.42 Å². The molecule has 0 unspecified atom stereocenters. The van der Waals surface area contributed by atoms with Crippen molar-refractivity contribution in [2.24, 2.45) is 0 Å². The number of hydrogen-bond donors (Lipinski definition) is 2. The molecule has 0 saturated carbocycles.